The maximum atomic E-state index is 6.31. The predicted octanol–water partition coefficient (Wildman–Crippen LogP) is 3.99. The zero-order valence-electron chi connectivity index (χ0n) is 13.1. The van der Waals surface area contributed by atoms with Crippen molar-refractivity contribution in [2.45, 2.75) is 25.4 Å². The first-order valence-corrected chi connectivity index (χ1v) is 8.97. The Morgan fingerprint density at radius 2 is 2.26 bits per heavy atom. The fourth-order valence-electron chi connectivity index (χ4n) is 3.15. The lowest BCUT2D eigenvalue weighted by atomic mass is 10.1. The molecule has 3 rings (SSSR count). The second kappa shape index (κ2) is 7.60. The zero-order chi connectivity index (χ0) is 16.2. The van der Waals surface area contributed by atoms with Crippen molar-refractivity contribution in [2.75, 3.05) is 25.0 Å². The summed E-state index contributed by atoms with van der Waals surface area (Å²) in [6, 6.07) is 10.5. The largest absolute Gasteiger partial charge is 0.351 e. The van der Waals surface area contributed by atoms with Crippen molar-refractivity contribution in [3.05, 3.63) is 51.6 Å². The quantitative estimate of drug-likeness (QED) is 0.766. The van der Waals surface area contributed by atoms with E-state index in [0.717, 1.165) is 40.5 Å². The molecule has 4 nitrogen and oxygen atoms in total. The van der Waals surface area contributed by atoms with Gasteiger partial charge in [-0.2, -0.15) is 5.10 Å². The first kappa shape index (κ1) is 16.7. The SMILES string of the molecule is CN(Cc1cc(Br)ccc1Cl)CC1CCCN1c1cccnn1. The molecule has 0 saturated carbocycles. The van der Waals surface area contributed by atoms with Crippen LogP contribution in [0.3, 0.4) is 0 Å². The van der Waals surface area contributed by atoms with Crippen molar-refractivity contribution in [1.29, 1.82) is 0 Å². The summed E-state index contributed by atoms with van der Waals surface area (Å²) in [5.41, 5.74) is 1.15. The van der Waals surface area contributed by atoms with Crippen LogP contribution < -0.4 is 4.90 Å². The minimum Gasteiger partial charge on any atom is -0.351 e. The van der Waals surface area contributed by atoms with Crippen LogP contribution in [0, 0.1) is 0 Å². The van der Waals surface area contributed by atoms with Gasteiger partial charge in [0.25, 0.3) is 0 Å². The van der Waals surface area contributed by atoms with Gasteiger partial charge in [0.15, 0.2) is 5.82 Å². The molecule has 1 fully saturated rings. The number of aromatic nitrogens is 2. The topological polar surface area (TPSA) is 32.3 Å². The van der Waals surface area contributed by atoms with Crippen LogP contribution in [0.15, 0.2) is 41.0 Å². The number of hydrogen-bond acceptors (Lipinski definition) is 4. The third-order valence-electron chi connectivity index (χ3n) is 4.20. The first-order chi connectivity index (χ1) is 11.1. The summed E-state index contributed by atoms with van der Waals surface area (Å²) in [5.74, 6) is 0.976. The highest BCUT2D eigenvalue weighted by Crippen LogP contribution is 2.25. The molecule has 0 spiro atoms. The Hall–Kier alpha value is -1.17. The highest BCUT2D eigenvalue weighted by molar-refractivity contribution is 9.10. The first-order valence-electron chi connectivity index (χ1n) is 7.80. The summed E-state index contributed by atoms with van der Waals surface area (Å²) in [5, 5.41) is 9.08. The van der Waals surface area contributed by atoms with Crippen LogP contribution in [0.4, 0.5) is 5.82 Å². The molecule has 1 aliphatic heterocycles. The molecule has 0 radical (unpaired) electrons. The molecule has 0 N–H and O–H groups in total. The molecule has 23 heavy (non-hydrogen) atoms. The normalized spacial score (nSPS) is 17.9. The van der Waals surface area contributed by atoms with Crippen molar-refractivity contribution >= 4 is 33.3 Å². The molecule has 1 saturated heterocycles. The van der Waals surface area contributed by atoms with Crippen LogP contribution in [0.1, 0.15) is 18.4 Å². The van der Waals surface area contributed by atoms with Crippen molar-refractivity contribution in [3.8, 4) is 0 Å². The number of halogens is 2. The summed E-state index contributed by atoms with van der Waals surface area (Å²) >= 11 is 9.82. The Morgan fingerprint density at radius 1 is 1.39 bits per heavy atom. The molecule has 0 bridgehead atoms. The molecule has 0 aliphatic carbocycles. The van der Waals surface area contributed by atoms with Gasteiger partial charge < -0.3 is 9.80 Å². The lowest BCUT2D eigenvalue weighted by Gasteiger charge is -2.29. The maximum absolute atomic E-state index is 6.31. The van der Waals surface area contributed by atoms with Gasteiger partial charge in [-0.1, -0.05) is 27.5 Å². The zero-order valence-corrected chi connectivity index (χ0v) is 15.5. The number of benzene rings is 1. The van der Waals surface area contributed by atoms with Crippen LogP contribution in [-0.4, -0.2) is 41.3 Å². The van der Waals surface area contributed by atoms with E-state index >= 15 is 0 Å². The maximum Gasteiger partial charge on any atom is 0.151 e. The van der Waals surface area contributed by atoms with Crippen LogP contribution in [-0.2, 0) is 6.54 Å². The average Bonchev–Trinajstić information content (AvgIpc) is 3.00. The molecule has 6 heteroatoms. The average molecular weight is 396 g/mol. The number of anilines is 1. The van der Waals surface area contributed by atoms with Gasteiger partial charge >= 0.3 is 0 Å². The van der Waals surface area contributed by atoms with E-state index in [0.29, 0.717) is 6.04 Å². The summed E-state index contributed by atoms with van der Waals surface area (Å²) < 4.78 is 1.06. The van der Waals surface area contributed by atoms with Gasteiger partial charge in [0, 0.05) is 41.4 Å². The third-order valence-corrected chi connectivity index (χ3v) is 5.06. The smallest absolute Gasteiger partial charge is 0.151 e. The van der Waals surface area contributed by atoms with Crippen LogP contribution in [0.5, 0.6) is 0 Å². The van der Waals surface area contributed by atoms with E-state index in [2.05, 4.69) is 49.0 Å². The van der Waals surface area contributed by atoms with E-state index < -0.39 is 0 Å². The highest BCUT2D eigenvalue weighted by atomic mass is 79.9. The highest BCUT2D eigenvalue weighted by Gasteiger charge is 2.26. The fraction of sp³-hybridized carbons (Fsp3) is 0.412. The van der Waals surface area contributed by atoms with Crippen LogP contribution >= 0.6 is 27.5 Å². The van der Waals surface area contributed by atoms with E-state index in [1.807, 2.05) is 24.3 Å². The minimum absolute atomic E-state index is 0.475. The standard InChI is InChI=1S/C17H20BrClN4/c1-22(11-13-10-14(18)6-7-16(13)19)12-15-4-3-9-23(15)17-5-2-8-20-21-17/h2,5-8,10,15H,3-4,9,11-12H2,1H3. The van der Waals surface area contributed by atoms with Gasteiger partial charge in [0.1, 0.15) is 0 Å². The van der Waals surface area contributed by atoms with Gasteiger partial charge in [-0.15, -0.1) is 5.10 Å². The predicted molar refractivity (Wildman–Crippen MR) is 97.9 cm³/mol. The Morgan fingerprint density at radius 3 is 3.04 bits per heavy atom. The van der Waals surface area contributed by atoms with Crippen molar-refractivity contribution < 1.29 is 0 Å². The molecule has 122 valence electrons. The molecule has 1 atom stereocenters. The Bertz CT molecular complexity index is 652. The summed E-state index contributed by atoms with van der Waals surface area (Å²) in [7, 11) is 2.14. The Labute approximate surface area is 150 Å². The number of hydrogen-bond donors (Lipinski definition) is 0. The fourth-order valence-corrected chi connectivity index (χ4v) is 3.74. The van der Waals surface area contributed by atoms with Crippen molar-refractivity contribution in [2.24, 2.45) is 0 Å². The van der Waals surface area contributed by atoms with Crippen LogP contribution in [0.25, 0.3) is 0 Å². The molecule has 0 amide bonds. The number of rotatable bonds is 5. The molecular weight excluding hydrogens is 376 g/mol. The van der Waals surface area contributed by atoms with E-state index in [4.69, 9.17) is 11.6 Å². The molecule has 1 aromatic heterocycles. The molecule has 1 aliphatic rings. The second-order valence-corrected chi connectivity index (χ2v) is 7.33. The van der Waals surface area contributed by atoms with Crippen molar-refractivity contribution in [3.63, 3.8) is 0 Å². The second-order valence-electron chi connectivity index (χ2n) is 6.00. The van der Waals surface area contributed by atoms with Gasteiger partial charge in [-0.25, -0.2) is 0 Å². The molecule has 2 heterocycles. The third kappa shape index (κ3) is 4.22. The monoisotopic (exact) mass is 394 g/mol. The van der Waals surface area contributed by atoms with E-state index in [1.165, 1.54) is 12.8 Å². The Kier molecular flexibility index (Phi) is 5.51. The van der Waals surface area contributed by atoms with E-state index in [9.17, 15) is 0 Å². The van der Waals surface area contributed by atoms with E-state index in [1.54, 1.807) is 6.20 Å². The molecule has 1 unspecified atom stereocenters. The van der Waals surface area contributed by atoms with E-state index in [-0.39, 0.29) is 0 Å². The van der Waals surface area contributed by atoms with Gasteiger partial charge in [-0.3, -0.25) is 0 Å². The lowest BCUT2D eigenvalue weighted by Crippen LogP contribution is -2.39. The van der Waals surface area contributed by atoms with Gasteiger partial charge in [0.2, 0.25) is 0 Å². The summed E-state index contributed by atoms with van der Waals surface area (Å²) in [4.78, 5) is 4.69. The number of nitrogens with zero attached hydrogens (tertiary/aromatic N) is 4. The molecule has 2 aromatic rings. The lowest BCUT2D eigenvalue weighted by molar-refractivity contribution is 0.303. The minimum atomic E-state index is 0.475. The van der Waals surface area contributed by atoms with Gasteiger partial charge in [-0.05, 0) is 55.8 Å². The van der Waals surface area contributed by atoms with Crippen LogP contribution in [0.2, 0.25) is 5.02 Å². The van der Waals surface area contributed by atoms with Gasteiger partial charge in [0.05, 0.1) is 0 Å². The number of likely N-dealkylation sites (N-methyl/N-ethyl adjacent to an activating group) is 1. The molecular formula is C17H20BrClN4. The summed E-state index contributed by atoms with van der Waals surface area (Å²) in [6.07, 6.45) is 4.11. The Balaban J connectivity index is 1.65. The summed E-state index contributed by atoms with van der Waals surface area (Å²) in [6.45, 7) is 2.87. The van der Waals surface area contributed by atoms with Crippen molar-refractivity contribution in [1.82, 2.24) is 15.1 Å². The molecule has 1 aromatic carbocycles.